The number of methoxy groups -OCH3 is 1. The number of pyridine rings is 1. The number of nitrogens with one attached hydrogen (secondary N) is 1. The van der Waals surface area contributed by atoms with Gasteiger partial charge in [-0.25, -0.2) is 0 Å². The minimum Gasteiger partial charge on any atom is -0.496 e. The number of carbonyl (C=O) groups excluding carboxylic acids is 1. The quantitative estimate of drug-likeness (QED) is 0.652. The van der Waals surface area contributed by atoms with Gasteiger partial charge in [-0.3, -0.25) is 9.78 Å². The van der Waals surface area contributed by atoms with Crippen LogP contribution in [0.1, 0.15) is 18.6 Å². The number of aliphatic hydroxyl groups excluding tert-OH is 2. The molecule has 0 aliphatic heterocycles. The Balaban J connectivity index is 2.73. The van der Waals surface area contributed by atoms with E-state index >= 15 is 0 Å². The molecule has 0 aliphatic rings. The summed E-state index contributed by atoms with van der Waals surface area (Å²) < 4.78 is 5.04. The Labute approximate surface area is 99.3 Å². The second kappa shape index (κ2) is 6.17. The zero-order valence-electron chi connectivity index (χ0n) is 9.75. The SMILES string of the molecule is COc1ccncc1C(O)C(O)CNC(C)=O. The van der Waals surface area contributed by atoms with Crippen LogP contribution in [0.2, 0.25) is 0 Å². The molecule has 3 N–H and O–H groups in total. The fourth-order valence-corrected chi connectivity index (χ4v) is 1.37. The summed E-state index contributed by atoms with van der Waals surface area (Å²) in [5, 5.41) is 22.0. The number of aliphatic hydroxyl groups is 2. The minimum atomic E-state index is -1.16. The second-order valence-corrected chi connectivity index (χ2v) is 3.57. The van der Waals surface area contributed by atoms with Crippen LogP contribution < -0.4 is 10.1 Å². The highest BCUT2D eigenvalue weighted by Gasteiger charge is 2.22. The van der Waals surface area contributed by atoms with Crippen LogP contribution in [-0.4, -0.2) is 40.9 Å². The van der Waals surface area contributed by atoms with E-state index in [0.717, 1.165) is 0 Å². The lowest BCUT2D eigenvalue weighted by Crippen LogP contribution is -2.34. The van der Waals surface area contributed by atoms with Gasteiger partial charge in [-0.1, -0.05) is 0 Å². The molecule has 0 aliphatic carbocycles. The van der Waals surface area contributed by atoms with Crippen LogP contribution >= 0.6 is 0 Å². The molecule has 1 aromatic rings. The van der Waals surface area contributed by atoms with Gasteiger partial charge in [0.05, 0.1) is 7.11 Å². The lowest BCUT2D eigenvalue weighted by atomic mass is 10.1. The van der Waals surface area contributed by atoms with Gasteiger partial charge in [-0.2, -0.15) is 0 Å². The van der Waals surface area contributed by atoms with E-state index in [0.29, 0.717) is 11.3 Å². The largest absolute Gasteiger partial charge is 0.496 e. The fourth-order valence-electron chi connectivity index (χ4n) is 1.37. The van der Waals surface area contributed by atoms with Crippen molar-refractivity contribution in [1.82, 2.24) is 10.3 Å². The Kier molecular flexibility index (Phi) is 4.86. The molecule has 0 spiro atoms. The van der Waals surface area contributed by atoms with Crippen LogP contribution in [0.3, 0.4) is 0 Å². The monoisotopic (exact) mass is 240 g/mol. The number of amides is 1. The first-order chi connectivity index (χ1) is 8.06. The maximum absolute atomic E-state index is 10.7. The molecule has 0 radical (unpaired) electrons. The molecule has 94 valence electrons. The summed E-state index contributed by atoms with van der Waals surface area (Å²) in [6, 6.07) is 1.59. The van der Waals surface area contributed by atoms with Gasteiger partial charge in [-0.05, 0) is 6.07 Å². The van der Waals surface area contributed by atoms with Crippen LogP contribution in [-0.2, 0) is 4.79 Å². The summed E-state index contributed by atoms with van der Waals surface area (Å²) in [4.78, 5) is 14.5. The van der Waals surface area contributed by atoms with Crippen molar-refractivity contribution in [2.45, 2.75) is 19.1 Å². The molecule has 2 unspecified atom stereocenters. The van der Waals surface area contributed by atoms with Crippen molar-refractivity contribution in [2.24, 2.45) is 0 Å². The Morgan fingerprint density at radius 1 is 1.59 bits per heavy atom. The number of aromatic nitrogens is 1. The van der Waals surface area contributed by atoms with Gasteiger partial charge >= 0.3 is 0 Å². The highest BCUT2D eigenvalue weighted by Crippen LogP contribution is 2.25. The third-order valence-corrected chi connectivity index (χ3v) is 2.27. The molecule has 6 heteroatoms. The number of hydrogen-bond acceptors (Lipinski definition) is 5. The van der Waals surface area contributed by atoms with Crippen molar-refractivity contribution < 1.29 is 19.7 Å². The number of rotatable bonds is 5. The molecule has 0 saturated heterocycles. The van der Waals surface area contributed by atoms with Gasteiger partial charge in [0, 0.05) is 31.4 Å². The van der Waals surface area contributed by atoms with Crippen LogP contribution in [0.25, 0.3) is 0 Å². The first-order valence-electron chi connectivity index (χ1n) is 5.14. The van der Waals surface area contributed by atoms with E-state index in [1.165, 1.54) is 26.4 Å². The van der Waals surface area contributed by atoms with E-state index in [2.05, 4.69) is 10.3 Å². The number of hydrogen-bond donors (Lipinski definition) is 3. The van der Waals surface area contributed by atoms with Crippen molar-refractivity contribution in [3.63, 3.8) is 0 Å². The second-order valence-electron chi connectivity index (χ2n) is 3.57. The molecule has 0 fully saturated rings. The van der Waals surface area contributed by atoms with Crippen molar-refractivity contribution in [3.8, 4) is 5.75 Å². The average Bonchev–Trinajstić information content (AvgIpc) is 2.34. The van der Waals surface area contributed by atoms with Gasteiger partial charge in [-0.15, -0.1) is 0 Å². The molecule has 1 heterocycles. The molecule has 0 aromatic carbocycles. The lowest BCUT2D eigenvalue weighted by Gasteiger charge is -2.19. The minimum absolute atomic E-state index is 0.0332. The van der Waals surface area contributed by atoms with Crippen LogP contribution in [0, 0.1) is 0 Å². The molecule has 1 aromatic heterocycles. The standard InChI is InChI=1S/C11H16N2O4/c1-7(14)13-6-9(15)11(16)8-5-12-4-3-10(8)17-2/h3-5,9,11,15-16H,6H2,1-2H3,(H,13,14). The molecule has 1 rings (SSSR count). The van der Waals surface area contributed by atoms with Gasteiger partial charge in [0.1, 0.15) is 18.0 Å². The summed E-state index contributed by atoms with van der Waals surface area (Å²) in [5.74, 6) is 0.170. The fraction of sp³-hybridized carbons (Fsp3) is 0.455. The lowest BCUT2D eigenvalue weighted by molar-refractivity contribution is -0.119. The van der Waals surface area contributed by atoms with Crippen LogP contribution in [0.15, 0.2) is 18.5 Å². The predicted octanol–water partition coefficient (Wildman–Crippen LogP) is -0.379. The maximum atomic E-state index is 10.7. The van der Waals surface area contributed by atoms with E-state index in [9.17, 15) is 15.0 Å². The Morgan fingerprint density at radius 3 is 2.88 bits per heavy atom. The van der Waals surface area contributed by atoms with E-state index < -0.39 is 12.2 Å². The Morgan fingerprint density at radius 2 is 2.29 bits per heavy atom. The van der Waals surface area contributed by atoms with Gasteiger partial charge in [0.25, 0.3) is 0 Å². The van der Waals surface area contributed by atoms with Gasteiger partial charge < -0.3 is 20.3 Å². The van der Waals surface area contributed by atoms with Crippen molar-refractivity contribution in [2.75, 3.05) is 13.7 Å². The highest BCUT2D eigenvalue weighted by molar-refractivity contribution is 5.72. The summed E-state index contributed by atoms with van der Waals surface area (Å²) >= 11 is 0. The van der Waals surface area contributed by atoms with E-state index in [-0.39, 0.29) is 12.5 Å². The summed E-state index contributed by atoms with van der Waals surface area (Å²) in [7, 11) is 1.46. The number of nitrogens with zero attached hydrogens (tertiary/aromatic N) is 1. The molecule has 0 saturated carbocycles. The third-order valence-electron chi connectivity index (χ3n) is 2.27. The van der Waals surface area contributed by atoms with Gasteiger partial charge in [0.2, 0.25) is 5.91 Å². The molecular weight excluding hydrogens is 224 g/mol. The third kappa shape index (κ3) is 3.69. The molecule has 6 nitrogen and oxygen atoms in total. The zero-order valence-corrected chi connectivity index (χ0v) is 9.75. The van der Waals surface area contributed by atoms with Crippen molar-refractivity contribution in [1.29, 1.82) is 0 Å². The summed E-state index contributed by atoms with van der Waals surface area (Å²) in [5.41, 5.74) is 0.382. The van der Waals surface area contributed by atoms with E-state index in [1.807, 2.05) is 0 Å². The van der Waals surface area contributed by atoms with Crippen LogP contribution in [0.5, 0.6) is 5.75 Å². The summed E-state index contributed by atoms with van der Waals surface area (Å²) in [6.07, 6.45) is 0.665. The molecule has 1 amide bonds. The topological polar surface area (TPSA) is 91.7 Å². The molecule has 0 bridgehead atoms. The molecular formula is C11H16N2O4. The smallest absolute Gasteiger partial charge is 0.216 e. The molecule has 2 atom stereocenters. The van der Waals surface area contributed by atoms with Crippen molar-refractivity contribution in [3.05, 3.63) is 24.0 Å². The zero-order chi connectivity index (χ0) is 12.8. The van der Waals surface area contributed by atoms with E-state index in [1.54, 1.807) is 6.07 Å². The van der Waals surface area contributed by atoms with Gasteiger partial charge in [0.15, 0.2) is 0 Å². The summed E-state index contributed by atoms with van der Waals surface area (Å²) in [6.45, 7) is 1.30. The predicted molar refractivity (Wildman–Crippen MR) is 60.4 cm³/mol. The van der Waals surface area contributed by atoms with Crippen LogP contribution in [0.4, 0.5) is 0 Å². The molecule has 17 heavy (non-hydrogen) atoms. The number of carbonyl (C=O) groups is 1. The first kappa shape index (κ1) is 13.4. The average molecular weight is 240 g/mol. The van der Waals surface area contributed by atoms with Crippen molar-refractivity contribution >= 4 is 5.91 Å². The number of ether oxygens (including phenoxy) is 1. The highest BCUT2D eigenvalue weighted by atomic mass is 16.5. The Bertz CT molecular complexity index is 383. The first-order valence-corrected chi connectivity index (χ1v) is 5.14. The maximum Gasteiger partial charge on any atom is 0.216 e. The Hall–Kier alpha value is -1.66. The van der Waals surface area contributed by atoms with E-state index in [4.69, 9.17) is 4.74 Å². The normalized spacial score (nSPS) is 13.9.